The number of ether oxygens (including phenoxy) is 1. The zero-order valence-electron chi connectivity index (χ0n) is 15.5. The van der Waals surface area contributed by atoms with Gasteiger partial charge in [0.05, 0.1) is 4.88 Å². The topological polar surface area (TPSA) is 102 Å². The summed E-state index contributed by atoms with van der Waals surface area (Å²) < 4.78 is 29.1. The molecule has 28 heavy (non-hydrogen) atoms. The second-order valence-electron chi connectivity index (χ2n) is 7.33. The molecular formula is C19H23N3O4S2. The highest BCUT2D eigenvalue weighted by atomic mass is 32.2. The number of carbonyl (C=O) groups is 1. The van der Waals surface area contributed by atoms with Gasteiger partial charge in [-0.1, -0.05) is 23.5 Å². The van der Waals surface area contributed by atoms with Crippen LogP contribution in [0.25, 0.3) is 0 Å². The zero-order valence-corrected chi connectivity index (χ0v) is 17.1. The Morgan fingerprint density at radius 1 is 1.21 bits per heavy atom. The molecule has 3 N–H and O–H groups in total. The van der Waals surface area contributed by atoms with Gasteiger partial charge in [0.25, 0.3) is 5.91 Å². The summed E-state index contributed by atoms with van der Waals surface area (Å²) in [5, 5.41) is 8.86. The number of hydrogen-bond acceptors (Lipinski definition) is 6. The lowest BCUT2D eigenvalue weighted by molar-refractivity contribution is 0.0218. The Kier molecular flexibility index (Phi) is 5.17. The van der Waals surface area contributed by atoms with Gasteiger partial charge in [-0.05, 0) is 63.0 Å². The van der Waals surface area contributed by atoms with E-state index in [1.54, 1.807) is 24.3 Å². The third-order valence-electron chi connectivity index (χ3n) is 5.65. The van der Waals surface area contributed by atoms with E-state index in [-0.39, 0.29) is 22.6 Å². The zero-order chi connectivity index (χ0) is 19.9. The van der Waals surface area contributed by atoms with E-state index in [9.17, 15) is 13.2 Å². The SMILES string of the molecule is CC1C(NC(=O)c2ccc(Oc3ccccc3S(N)(=O)=O)s2)C2CCN1CC2. The lowest BCUT2D eigenvalue weighted by Gasteiger charge is -2.49. The molecule has 2 unspecified atom stereocenters. The van der Waals surface area contributed by atoms with Crippen molar-refractivity contribution in [2.24, 2.45) is 11.1 Å². The van der Waals surface area contributed by atoms with E-state index in [4.69, 9.17) is 9.88 Å². The van der Waals surface area contributed by atoms with Crippen molar-refractivity contribution in [1.29, 1.82) is 0 Å². The predicted octanol–water partition coefficient (Wildman–Crippen LogP) is 2.40. The summed E-state index contributed by atoms with van der Waals surface area (Å²) >= 11 is 1.18. The number of hydrogen-bond donors (Lipinski definition) is 2. The molecule has 9 heteroatoms. The largest absolute Gasteiger partial charge is 0.445 e. The summed E-state index contributed by atoms with van der Waals surface area (Å²) in [6.07, 6.45) is 2.25. The quantitative estimate of drug-likeness (QED) is 0.772. The van der Waals surface area contributed by atoms with Gasteiger partial charge in [-0.2, -0.15) is 0 Å². The van der Waals surface area contributed by atoms with Gasteiger partial charge in [0.15, 0.2) is 5.06 Å². The minimum Gasteiger partial charge on any atom is -0.445 e. The number of nitrogens with one attached hydrogen (secondary N) is 1. The van der Waals surface area contributed by atoms with Crippen molar-refractivity contribution in [1.82, 2.24) is 10.2 Å². The van der Waals surface area contributed by atoms with Crippen molar-refractivity contribution in [2.75, 3.05) is 13.1 Å². The van der Waals surface area contributed by atoms with E-state index in [0.29, 0.717) is 21.9 Å². The number of piperidine rings is 3. The third-order valence-corrected chi connectivity index (χ3v) is 7.56. The first kappa shape index (κ1) is 19.4. The first-order chi connectivity index (χ1) is 13.3. The molecule has 5 rings (SSSR count). The Labute approximate surface area is 168 Å². The lowest BCUT2D eigenvalue weighted by Crippen LogP contribution is -2.62. The molecule has 0 radical (unpaired) electrons. The Morgan fingerprint density at radius 3 is 2.61 bits per heavy atom. The highest BCUT2D eigenvalue weighted by molar-refractivity contribution is 7.89. The van der Waals surface area contributed by atoms with E-state index in [0.717, 1.165) is 25.9 Å². The van der Waals surface area contributed by atoms with Gasteiger partial charge in [0.1, 0.15) is 10.6 Å². The molecule has 0 aliphatic carbocycles. The predicted molar refractivity (Wildman–Crippen MR) is 107 cm³/mol. The molecule has 3 saturated heterocycles. The normalized spacial score (nSPS) is 26.8. The van der Waals surface area contributed by atoms with Crippen LogP contribution >= 0.6 is 11.3 Å². The van der Waals surface area contributed by atoms with Crippen LogP contribution in [0.15, 0.2) is 41.3 Å². The van der Waals surface area contributed by atoms with Crippen LogP contribution in [0.3, 0.4) is 0 Å². The van der Waals surface area contributed by atoms with E-state index < -0.39 is 10.0 Å². The van der Waals surface area contributed by atoms with Crippen LogP contribution in [0.4, 0.5) is 0 Å². The Bertz CT molecular complexity index is 979. The molecule has 3 fully saturated rings. The smallest absolute Gasteiger partial charge is 0.261 e. The van der Waals surface area contributed by atoms with Crippen LogP contribution in [0.1, 0.15) is 29.4 Å². The number of thiophene rings is 1. The van der Waals surface area contributed by atoms with Gasteiger partial charge in [-0.15, -0.1) is 0 Å². The fraction of sp³-hybridized carbons (Fsp3) is 0.421. The summed E-state index contributed by atoms with van der Waals surface area (Å²) in [6.45, 7) is 4.39. The minimum absolute atomic E-state index is 0.0875. The highest BCUT2D eigenvalue weighted by Gasteiger charge is 2.40. The third kappa shape index (κ3) is 3.80. The first-order valence-electron chi connectivity index (χ1n) is 9.27. The van der Waals surface area contributed by atoms with Gasteiger partial charge in [0.2, 0.25) is 10.0 Å². The number of amides is 1. The number of carbonyl (C=O) groups excluding carboxylic acids is 1. The molecule has 1 amide bonds. The van der Waals surface area contributed by atoms with Gasteiger partial charge in [-0.3, -0.25) is 9.69 Å². The summed E-state index contributed by atoms with van der Waals surface area (Å²) in [5.74, 6) is 0.552. The number of benzene rings is 1. The van der Waals surface area contributed by atoms with Gasteiger partial charge in [-0.25, -0.2) is 13.6 Å². The molecule has 0 spiro atoms. The number of rotatable bonds is 5. The maximum absolute atomic E-state index is 12.7. The lowest BCUT2D eigenvalue weighted by atomic mass is 9.79. The molecule has 3 aliphatic heterocycles. The minimum atomic E-state index is -3.90. The van der Waals surface area contributed by atoms with Gasteiger partial charge in [0, 0.05) is 12.1 Å². The van der Waals surface area contributed by atoms with Crippen molar-refractivity contribution in [3.05, 3.63) is 41.3 Å². The molecule has 150 valence electrons. The summed E-state index contributed by atoms with van der Waals surface area (Å²) in [5.41, 5.74) is 0. The molecular weight excluding hydrogens is 398 g/mol. The monoisotopic (exact) mass is 421 g/mol. The fourth-order valence-corrected chi connectivity index (χ4v) is 5.57. The van der Waals surface area contributed by atoms with Crippen molar-refractivity contribution in [3.63, 3.8) is 0 Å². The number of primary sulfonamides is 1. The number of fused-ring (bicyclic) bond motifs is 3. The first-order valence-corrected chi connectivity index (χ1v) is 11.6. The van der Waals surface area contributed by atoms with Crippen LogP contribution in [0.2, 0.25) is 0 Å². The van der Waals surface area contributed by atoms with Gasteiger partial charge < -0.3 is 10.1 Å². The fourth-order valence-electron chi connectivity index (χ4n) is 4.14. The molecule has 2 bridgehead atoms. The van der Waals surface area contributed by atoms with Gasteiger partial charge >= 0.3 is 0 Å². The van der Waals surface area contributed by atoms with E-state index in [1.807, 2.05) is 0 Å². The molecule has 1 aromatic carbocycles. The second kappa shape index (κ2) is 7.47. The maximum Gasteiger partial charge on any atom is 0.261 e. The highest BCUT2D eigenvalue weighted by Crippen LogP contribution is 2.35. The van der Waals surface area contributed by atoms with Crippen molar-refractivity contribution in [3.8, 4) is 10.8 Å². The number of nitrogens with two attached hydrogens (primary N) is 1. The molecule has 2 atom stereocenters. The average molecular weight is 422 g/mol. The molecule has 4 heterocycles. The Balaban J connectivity index is 1.47. The molecule has 0 saturated carbocycles. The molecule has 3 aliphatic rings. The standard InChI is InChI=1S/C19H23N3O4S2/c1-12-18(13-8-10-22(12)11-9-13)21-19(23)15-6-7-17(27-15)26-14-4-2-3-5-16(14)28(20,24)25/h2-7,12-13,18H,8-11H2,1H3,(H,21,23)(H2,20,24,25). The molecule has 1 aromatic heterocycles. The van der Waals surface area contributed by atoms with Crippen molar-refractivity contribution in [2.45, 2.75) is 36.7 Å². The van der Waals surface area contributed by atoms with E-state index in [2.05, 4.69) is 17.1 Å². The Hall–Kier alpha value is -1.94. The number of nitrogens with zero attached hydrogens (tertiary/aromatic N) is 1. The van der Waals surface area contributed by atoms with Crippen LogP contribution in [0.5, 0.6) is 10.8 Å². The van der Waals surface area contributed by atoms with Crippen molar-refractivity contribution >= 4 is 27.3 Å². The summed E-state index contributed by atoms with van der Waals surface area (Å²) in [6, 6.07) is 10.0. The van der Waals surface area contributed by atoms with Crippen molar-refractivity contribution < 1.29 is 17.9 Å². The number of para-hydroxylation sites is 1. The van der Waals surface area contributed by atoms with E-state index in [1.165, 1.54) is 23.5 Å². The molecule has 2 aromatic rings. The molecule has 7 nitrogen and oxygen atoms in total. The maximum atomic E-state index is 12.7. The average Bonchev–Trinajstić information content (AvgIpc) is 3.13. The van der Waals surface area contributed by atoms with Crippen LogP contribution in [-0.4, -0.2) is 44.4 Å². The van der Waals surface area contributed by atoms with Crippen LogP contribution in [0, 0.1) is 5.92 Å². The van der Waals surface area contributed by atoms with Crippen LogP contribution in [-0.2, 0) is 10.0 Å². The summed E-state index contributed by atoms with van der Waals surface area (Å²) in [4.78, 5) is 15.6. The number of sulfonamides is 1. The van der Waals surface area contributed by atoms with Crippen LogP contribution < -0.4 is 15.2 Å². The Morgan fingerprint density at radius 2 is 1.93 bits per heavy atom. The second-order valence-corrected chi connectivity index (χ2v) is 9.90. The van der Waals surface area contributed by atoms with E-state index >= 15 is 0 Å². The summed E-state index contributed by atoms with van der Waals surface area (Å²) in [7, 11) is -3.90.